The fourth-order valence-electron chi connectivity index (χ4n) is 2.06. The van der Waals surface area contributed by atoms with Gasteiger partial charge >= 0.3 is 0 Å². The van der Waals surface area contributed by atoms with Crippen molar-refractivity contribution in [2.75, 3.05) is 17.2 Å². The number of hydrogen-bond acceptors (Lipinski definition) is 3. The van der Waals surface area contributed by atoms with E-state index in [4.69, 9.17) is 5.73 Å². The van der Waals surface area contributed by atoms with Crippen molar-refractivity contribution in [1.82, 2.24) is 9.88 Å². The van der Waals surface area contributed by atoms with Crippen LogP contribution < -0.4 is 11.1 Å². The molecule has 17 heavy (non-hydrogen) atoms. The van der Waals surface area contributed by atoms with Crippen LogP contribution in [-0.4, -0.2) is 28.0 Å². The summed E-state index contributed by atoms with van der Waals surface area (Å²) in [5.74, 6) is 2.17. The molecule has 0 saturated carbocycles. The molecule has 1 aromatic heterocycles. The molecule has 1 unspecified atom stereocenters. The molecule has 1 aromatic rings. The zero-order chi connectivity index (χ0) is 12.3. The highest BCUT2D eigenvalue weighted by Gasteiger charge is 2.20. The summed E-state index contributed by atoms with van der Waals surface area (Å²) in [6.45, 7) is 2.92. The summed E-state index contributed by atoms with van der Waals surface area (Å²) in [4.78, 5) is 12.1. The lowest BCUT2D eigenvalue weighted by molar-refractivity contribution is 0.0931. The summed E-state index contributed by atoms with van der Waals surface area (Å²) >= 11 is 1.89. The number of nitrogen functional groups attached to an aromatic ring is 1. The highest BCUT2D eigenvalue weighted by Crippen LogP contribution is 2.18. The largest absolute Gasteiger partial charge is 0.397 e. The van der Waals surface area contributed by atoms with E-state index in [0.717, 1.165) is 30.9 Å². The molecule has 0 aromatic carbocycles. The van der Waals surface area contributed by atoms with Gasteiger partial charge in [0.15, 0.2) is 0 Å². The third kappa shape index (κ3) is 2.97. The van der Waals surface area contributed by atoms with Crippen LogP contribution in [0.1, 0.15) is 30.3 Å². The Morgan fingerprint density at radius 3 is 3.18 bits per heavy atom. The minimum Gasteiger partial charge on any atom is -0.397 e. The van der Waals surface area contributed by atoms with Gasteiger partial charge in [0.25, 0.3) is 5.91 Å². The number of nitrogens with two attached hydrogens (primary N) is 1. The predicted molar refractivity (Wildman–Crippen MR) is 72.3 cm³/mol. The Balaban J connectivity index is 2.06. The fraction of sp³-hybridized carbons (Fsp3) is 0.583. The standard InChI is InChI=1S/C12H19N3OS/c1-2-4-15-7-9(13)6-11(15)12(16)14-10-3-5-17-8-10/h6-7,10H,2-5,8,13H2,1H3,(H,14,16). The highest BCUT2D eigenvalue weighted by molar-refractivity contribution is 7.99. The number of nitrogens with one attached hydrogen (secondary N) is 1. The smallest absolute Gasteiger partial charge is 0.268 e. The second kappa shape index (κ2) is 5.49. The maximum absolute atomic E-state index is 12.1. The van der Waals surface area contributed by atoms with Crippen LogP contribution in [0, 0.1) is 0 Å². The van der Waals surface area contributed by atoms with Gasteiger partial charge in [-0.1, -0.05) is 6.92 Å². The Bertz CT molecular complexity index is 396. The van der Waals surface area contributed by atoms with Gasteiger partial charge in [0.2, 0.25) is 0 Å². The maximum atomic E-state index is 12.1. The molecule has 0 bridgehead atoms. The van der Waals surface area contributed by atoms with E-state index in [9.17, 15) is 4.79 Å². The van der Waals surface area contributed by atoms with E-state index in [0.29, 0.717) is 17.4 Å². The van der Waals surface area contributed by atoms with Gasteiger partial charge in [-0.2, -0.15) is 11.8 Å². The molecule has 0 radical (unpaired) electrons. The molecule has 1 atom stereocenters. The van der Waals surface area contributed by atoms with Crippen LogP contribution in [0.4, 0.5) is 5.69 Å². The van der Waals surface area contributed by atoms with Gasteiger partial charge in [0.05, 0.1) is 5.69 Å². The van der Waals surface area contributed by atoms with Crippen molar-refractivity contribution in [2.45, 2.75) is 32.4 Å². The molecule has 0 spiro atoms. The van der Waals surface area contributed by atoms with E-state index >= 15 is 0 Å². The Hall–Kier alpha value is -1.10. The topological polar surface area (TPSA) is 60.0 Å². The minimum atomic E-state index is 0.00245. The fourth-order valence-corrected chi connectivity index (χ4v) is 3.21. The molecule has 1 aliphatic heterocycles. The lowest BCUT2D eigenvalue weighted by Gasteiger charge is -2.12. The molecule has 1 aliphatic rings. The van der Waals surface area contributed by atoms with Crippen LogP contribution >= 0.6 is 11.8 Å². The Morgan fingerprint density at radius 2 is 2.53 bits per heavy atom. The van der Waals surface area contributed by atoms with Crippen LogP contribution in [0.2, 0.25) is 0 Å². The Labute approximate surface area is 106 Å². The van der Waals surface area contributed by atoms with Crippen LogP contribution in [-0.2, 0) is 6.54 Å². The van der Waals surface area contributed by atoms with Gasteiger partial charge in [-0.25, -0.2) is 0 Å². The average Bonchev–Trinajstić information content (AvgIpc) is 2.88. The quantitative estimate of drug-likeness (QED) is 0.859. The Morgan fingerprint density at radius 1 is 1.71 bits per heavy atom. The number of nitrogens with zero attached hydrogens (tertiary/aromatic N) is 1. The van der Waals surface area contributed by atoms with Crippen molar-refractivity contribution in [3.8, 4) is 0 Å². The van der Waals surface area contributed by atoms with Crippen LogP contribution in [0.15, 0.2) is 12.3 Å². The molecule has 0 aliphatic carbocycles. The van der Waals surface area contributed by atoms with E-state index in [-0.39, 0.29) is 5.91 Å². The zero-order valence-electron chi connectivity index (χ0n) is 10.1. The van der Waals surface area contributed by atoms with Crippen LogP contribution in [0.25, 0.3) is 0 Å². The zero-order valence-corrected chi connectivity index (χ0v) is 10.9. The van der Waals surface area contributed by atoms with E-state index in [1.54, 1.807) is 6.07 Å². The molecule has 5 heteroatoms. The van der Waals surface area contributed by atoms with Crippen molar-refractivity contribution in [2.24, 2.45) is 0 Å². The molecule has 3 N–H and O–H groups in total. The molecule has 2 rings (SSSR count). The first-order chi connectivity index (χ1) is 8.20. The summed E-state index contributed by atoms with van der Waals surface area (Å²) in [7, 11) is 0. The van der Waals surface area contributed by atoms with Crippen molar-refractivity contribution in [3.05, 3.63) is 18.0 Å². The normalized spacial score (nSPS) is 19.5. The SMILES string of the molecule is CCCn1cc(N)cc1C(=O)NC1CCSC1. The summed E-state index contributed by atoms with van der Waals surface area (Å²) in [5.41, 5.74) is 7.09. The Kier molecular flexibility index (Phi) is 3.99. The molecule has 2 heterocycles. The van der Waals surface area contributed by atoms with Crippen molar-refractivity contribution in [3.63, 3.8) is 0 Å². The first-order valence-electron chi connectivity index (χ1n) is 6.05. The number of carbonyl (C=O) groups excluding carboxylic acids is 1. The van der Waals surface area contributed by atoms with Crippen LogP contribution in [0.5, 0.6) is 0 Å². The number of rotatable bonds is 4. The first kappa shape index (κ1) is 12.4. The second-order valence-corrected chi connectivity index (χ2v) is 5.54. The molecule has 1 fully saturated rings. The number of hydrogen-bond donors (Lipinski definition) is 2. The van der Waals surface area contributed by atoms with Gasteiger partial charge < -0.3 is 15.6 Å². The van der Waals surface area contributed by atoms with E-state index in [1.807, 2.05) is 22.5 Å². The highest BCUT2D eigenvalue weighted by atomic mass is 32.2. The van der Waals surface area contributed by atoms with Crippen molar-refractivity contribution < 1.29 is 4.79 Å². The second-order valence-electron chi connectivity index (χ2n) is 4.39. The minimum absolute atomic E-state index is 0.00245. The van der Waals surface area contributed by atoms with Gasteiger partial charge in [-0.15, -0.1) is 0 Å². The predicted octanol–water partition coefficient (Wildman–Crippen LogP) is 1.72. The lowest BCUT2D eigenvalue weighted by Crippen LogP contribution is -2.35. The number of anilines is 1. The van der Waals surface area contributed by atoms with Crippen molar-refractivity contribution in [1.29, 1.82) is 0 Å². The molecule has 94 valence electrons. The number of amides is 1. The van der Waals surface area contributed by atoms with Gasteiger partial charge in [-0.05, 0) is 24.7 Å². The van der Waals surface area contributed by atoms with Gasteiger partial charge in [0, 0.05) is 24.5 Å². The monoisotopic (exact) mass is 253 g/mol. The summed E-state index contributed by atoms with van der Waals surface area (Å²) in [6.07, 6.45) is 3.90. The molecular formula is C12H19N3OS. The third-order valence-corrected chi connectivity index (χ3v) is 4.04. The average molecular weight is 253 g/mol. The third-order valence-electron chi connectivity index (χ3n) is 2.88. The number of aromatic nitrogens is 1. The number of aryl methyl sites for hydroxylation is 1. The molecule has 4 nitrogen and oxygen atoms in total. The van der Waals surface area contributed by atoms with Crippen molar-refractivity contribution >= 4 is 23.4 Å². The van der Waals surface area contributed by atoms with E-state index < -0.39 is 0 Å². The van der Waals surface area contributed by atoms with Gasteiger partial charge in [-0.3, -0.25) is 4.79 Å². The summed E-state index contributed by atoms with van der Waals surface area (Å²) in [5, 5.41) is 3.07. The number of carbonyl (C=O) groups is 1. The molecule has 1 amide bonds. The summed E-state index contributed by atoms with van der Waals surface area (Å²) in [6, 6.07) is 2.08. The van der Waals surface area contributed by atoms with E-state index in [1.165, 1.54) is 0 Å². The lowest BCUT2D eigenvalue weighted by atomic mass is 10.2. The van der Waals surface area contributed by atoms with Crippen LogP contribution in [0.3, 0.4) is 0 Å². The first-order valence-corrected chi connectivity index (χ1v) is 7.20. The van der Waals surface area contributed by atoms with E-state index in [2.05, 4.69) is 12.2 Å². The maximum Gasteiger partial charge on any atom is 0.268 e. The van der Waals surface area contributed by atoms with Gasteiger partial charge in [0.1, 0.15) is 5.69 Å². The number of thioether (sulfide) groups is 1. The summed E-state index contributed by atoms with van der Waals surface area (Å²) < 4.78 is 1.94. The molecule has 1 saturated heterocycles. The molecular weight excluding hydrogens is 234 g/mol.